The summed E-state index contributed by atoms with van der Waals surface area (Å²) >= 11 is 0. The van der Waals surface area contributed by atoms with E-state index in [0.717, 1.165) is 12.8 Å². The molecule has 3 rings (SSSR count). The van der Waals surface area contributed by atoms with E-state index in [4.69, 9.17) is 14.1 Å². The normalized spacial score (nSPS) is 19.9. The molecule has 1 saturated carbocycles. The lowest BCUT2D eigenvalue weighted by Crippen LogP contribution is -2.51. The molecule has 1 aliphatic heterocycles. The molecule has 19 heavy (non-hydrogen) atoms. The predicted octanol–water partition coefficient (Wildman–Crippen LogP) is 0.160. The molecular weight excluding hydrogens is 255 g/mol. The zero-order valence-electron chi connectivity index (χ0n) is 9.91. The summed E-state index contributed by atoms with van der Waals surface area (Å²) in [7, 11) is 0. The van der Waals surface area contributed by atoms with Crippen molar-refractivity contribution in [2.45, 2.75) is 18.9 Å². The van der Waals surface area contributed by atoms with E-state index < -0.39 is 19.2 Å². The average Bonchev–Trinajstić information content (AvgIpc) is 3.10. The van der Waals surface area contributed by atoms with Crippen LogP contribution in [-0.4, -0.2) is 40.5 Å². The van der Waals surface area contributed by atoms with E-state index in [-0.39, 0.29) is 28.9 Å². The lowest BCUT2D eigenvalue weighted by atomic mass is 9.80. The second-order valence-electron chi connectivity index (χ2n) is 4.68. The number of carbonyl (C=O) groups is 1. The molecule has 0 spiro atoms. The number of benzene rings is 1. The molecule has 1 aromatic rings. The fraction of sp³-hybridized carbons (Fsp3) is 0.364. The van der Waals surface area contributed by atoms with Gasteiger partial charge in [0.15, 0.2) is 5.75 Å². The molecule has 2 aliphatic rings. The van der Waals surface area contributed by atoms with Crippen molar-refractivity contribution in [2.75, 3.05) is 6.51 Å². The molecular formula is C11H12BO7-. The van der Waals surface area contributed by atoms with E-state index >= 15 is 0 Å². The first kappa shape index (κ1) is 12.1. The molecule has 0 atom stereocenters. The van der Waals surface area contributed by atoms with Crippen molar-refractivity contribution in [2.24, 2.45) is 0 Å². The van der Waals surface area contributed by atoms with Crippen molar-refractivity contribution < 1.29 is 34.1 Å². The fourth-order valence-corrected chi connectivity index (χ4v) is 1.86. The number of hydrogen-bond acceptors (Lipinski definition) is 6. The molecule has 0 aromatic heterocycles. The second-order valence-corrected chi connectivity index (χ2v) is 4.68. The maximum atomic E-state index is 11.3. The van der Waals surface area contributed by atoms with Crippen LogP contribution in [0.25, 0.3) is 0 Å². The minimum absolute atomic E-state index is 0.0131. The van der Waals surface area contributed by atoms with Gasteiger partial charge >= 0.3 is 12.7 Å². The third-order valence-corrected chi connectivity index (χ3v) is 2.88. The number of carboxylic acid groups (broad SMARTS) is 1. The molecule has 3 N–H and O–H groups in total. The molecule has 1 fully saturated rings. The van der Waals surface area contributed by atoms with Crippen molar-refractivity contribution in [1.29, 1.82) is 0 Å². The number of rotatable bonds is 3. The monoisotopic (exact) mass is 267 g/mol. The zero-order valence-corrected chi connectivity index (χ0v) is 9.91. The number of aromatic carboxylic acids is 1. The molecule has 0 unspecified atom stereocenters. The summed E-state index contributed by atoms with van der Waals surface area (Å²) in [6, 6.07) is 2.98. The molecule has 8 heteroatoms. The minimum Gasteiger partial charge on any atom is -0.665 e. The van der Waals surface area contributed by atoms with Gasteiger partial charge in [-0.05, 0) is 25.0 Å². The van der Waals surface area contributed by atoms with Crippen LogP contribution < -0.4 is 14.1 Å². The number of hydrogen-bond donors (Lipinski definition) is 3. The largest absolute Gasteiger partial charge is 0.665 e. The van der Waals surface area contributed by atoms with Crippen LogP contribution in [0.1, 0.15) is 23.2 Å². The van der Waals surface area contributed by atoms with Gasteiger partial charge in [0.05, 0.1) is 12.6 Å². The van der Waals surface area contributed by atoms with E-state index in [1.165, 1.54) is 12.1 Å². The maximum Gasteiger partial charge on any atom is 0.467 e. The number of fused-ring (bicyclic) bond motifs is 1. The smallest absolute Gasteiger partial charge is 0.467 e. The highest BCUT2D eigenvalue weighted by Gasteiger charge is 2.35. The quantitative estimate of drug-likeness (QED) is 0.670. The Balaban J connectivity index is 2.06. The number of ether oxygens (including phenoxy) is 2. The predicted molar refractivity (Wildman–Crippen MR) is 63.4 cm³/mol. The van der Waals surface area contributed by atoms with Crippen molar-refractivity contribution in [1.82, 2.24) is 0 Å². The summed E-state index contributed by atoms with van der Waals surface area (Å²) in [6.45, 7) is -3.64. The van der Waals surface area contributed by atoms with Gasteiger partial charge in [-0.25, -0.2) is 4.79 Å². The molecule has 1 aromatic carbocycles. The molecule has 0 amide bonds. The summed E-state index contributed by atoms with van der Waals surface area (Å²) in [5.41, 5.74) is -0.251. The lowest BCUT2D eigenvalue weighted by Gasteiger charge is -2.37. The van der Waals surface area contributed by atoms with Crippen LogP contribution in [-0.2, 0) is 0 Å². The Morgan fingerprint density at radius 1 is 1.37 bits per heavy atom. The van der Waals surface area contributed by atoms with Gasteiger partial charge in [-0.1, -0.05) is 0 Å². The third kappa shape index (κ3) is 2.32. The Morgan fingerprint density at radius 2 is 2.11 bits per heavy atom. The van der Waals surface area contributed by atoms with Crippen LogP contribution in [0, 0.1) is 0 Å². The summed E-state index contributed by atoms with van der Waals surface area (Å²) in [5.74, 6) is -1.18. The Hall–Kier alpha value is -1.93. The van der Waals surface area contributed by atoms with Crippen LogP contribution in [0.5, 0.6) is 17.2 Å². The Bertz CT molecular complexity index is 538. The van der Waals surface area contributed by atoms with Gasteiger partial charge in [0.25, 0.3) is 0 Å². The first-order valence-corrected chi connectivity index (χ1v) is 5.95. The van der Waals surface area contributed by atoms with Gasteiger partial charge in [-0.3, -0.25) is 0 Å². The SMILES string of the molecule is O=C(O)c1c(OC2CC2)ccc2c1O[B-](O)(O)CO2. The standard InChI is InChI=1S/C11H12BO7/c13-11(14)9-7(18-6-1-2-6)3-4-8-10(9)19-12(15,16)5-17-8/h3-4,6,15-16H,1-2,5H2,(H,13,14)/q-1. The van der Waals surface area contributed by atoms with E-state index in [9.17, 15) is 19.9 Å². The summed E-state index contributed by atoms with van der Waals surface area (Å²) in [6.07, 6.45) is 1.77. The summed E-state index contributed by atoms with van der Waals surface area (Å²) < 4.78 is 15.5. The highest BCUT2D eigenvalue weighted by Crippen LogP contribution is 2.42. The lowest BCUT2D eigenvalue weighted by molar-refractivity contribution is 0.0685. The van der Waals surface area contributed by atoms with Crippen molar-refractivity contribution in [3.05, 3.63) is 17.7 Å². The van der Waals surface area contributed by atoms with Crippen LogP contribution in [0.15, 0.2) is 12.1 Å². The van der Waals surface area contributed by atoms with Crippen LogP contribution >= 0.6 is 0 Å². The van der Waals surface area contributed by atoms with Crippen molar-refractivity contribution in [3.63, 3.8) is 0 Å². The van der Waals surface area contributed by atoms with Gasteiger partial charge < -0.3 is 29.3 Å². The van der Waals surface area contributed by atoms with E-state index in [1.807, 2.05) is 0 Å². The average molecular weight is 267 g/mol. The molecule has 0 bridgehead atoms. The first-order valence-electron chi connectivity index (χ1n) is 5.95. The Kier molecular flexibility index (Phi) is 2.58. The van der Waals surface area contributed by atoms with Crippen LogP contribution in [0.4, 0.5) is 0 Å². The van der Waals surface area contributed by atoms with Gasteiger partial charge in [-0.15, -0.1) is 0 Å². The molecule has 0 radical (unpaired) electrons. The van der Waals surface area contributed by atoms with E-state index in [0.29, 0.717) is 0 Å². The molecule has 102 valence electrons. The third-order valence-electron chi connectivity index (χ3n) is 2.88. The van der Waals surface area contributed by atoms with Gasteiger partial charge in [-0.2, -0.15) is 0 Å². The highest BCUT2D eigenvalue weighted by molar-refractivity contribution is 6.58. The zero-order chi connectivity index (χ0) is 13.6. The van der Waals surface area contributed by atoms with Crippen LogP contribution in [0.3, 0.4) is 0 Å². The van der Waals surface area contributed by atoms with Crippen molar-refractivity contribution >= 4 is 12.7 Å². The maximum absolute atomic E-state index is 11.3. The first-order chi connectivity index (χ1) is 8.96. The van der Waals surface area contributed by atoms with Gasteiger partial charge in [0.1, 0.15) is 17.1 Å². The fourth-order valence-electron chi connectivity index (χ4n) is 1.86. The van der Waals surface area contributed by atoms with Gasteiger partial charge in [0, 0.05) is 0 Å². The molecule has 7 nitrogen and oxygen atoms in total. The second kappa shape index (κ2) is 4.04. The number of carboxylic acids is 1. The Labute approximate surface area is 108 Å². The molecule has 1 aliphatic carbocycles. The highest BCUT2D eigenvalue weighted by atomic mass is 16.7. The van der Waals surface area contributed by atoms with Crippen LogP contribution in [0.2, 0.25) is 0 Å². The summed E-state index contributed by atoms with van der Waals surface area (Å²) in [4.78, 5) is 11.3. The Morgan fingerprint density at radius 3 is 2.74 bits per heavy atom. The van der Waals surface area contributed by atoms with E-state index in [1.54, 1.807) is 0 Å². The minimum atomic E-state index is -3.20. The van der Waals surface area contributed by atoms with Crippen molar-refractivity contribution in [3.8, 4) is 17.2 Å². The topological polar surface area (TPSA) is 105 Å². The molecule has 1 heterocycles. The molecule has 0 saturated heterocycles. The summed E-state index contributed by atoms with van der Waals surface area (Å²) in [5, 5.41) is 28.2. The van der Waals surface area contributed by atoms with Gasteiger partial charge in [0.2, 0.25) is 0 Å². The van der Waals surface area contributed by atoms with E-state index in [2.05, 4.69) is 0 Å².